The Morgan fingerprint density at radius 1 is 0.875 bits per heavy atom. The molecule has 2 nitrogen and oxygen atoms in total. The summed E-state index contributed by atoms with van der Waals surface area (Å²) in [6, 6.07) is 21.8. The second-order valence-corrected chi connectivity index (χ2v) is 7.68. The van der Waals surface area contributed by atoms with Gasteiger partial charge in [0.2, 0.25) is 0 Å². The molecule has 3 aromatic carbocycles. The maximum atomic E-state index is 3.77. The van der Waals surface area contributed by atoms with E-state index in [4.69, 9.17) is 0 Å². The minimum Gasteiger partial charge on any atom is -0.361 e. The Morgan fingerprint density at radius 3 is 2.33 bits per heavy atom. The average molecular weight is 316 g/mol. The fourth-order valence-corrected chi connectivity index (χ4v) is 3.82. The molecular weight excluding hydrogens is 292 g/mol. The first-order chi connectivity index (χ1) is 11.5. The predicted octanol–water partition coefficient (Wildman–Crippen LogP) is 5.70. The SMILES string of the molecule is CN1c2cccc3cccc(c23)NC1c1ccccc1C(C)(C)C. The molecular formula is C22H24N2. The van der Waals surface area contributed by atoms with Crippen molar-refractivity contribution < 1.29 is 0 Å². The molecule has 0 aromatic heterocycles. The Bertz CT molecular complexity index is 900. The van der Waals surface area contributed by atoms with E-state index in [1.165, 1.54) is 33.3 Å². The molecule has 122 valence electrons. The maximum absolute atomic E-state index is 3.77. The summed E-state index contributed by atoms with van der Waals surface area (Å²) in [6.07, 6.45) is 0.140. The van der Waals surface area contributed by atoms with Crippen LogP contribution in [0.5, 0.6) is 0 Å². The zero-order valence-electron chi connectivity index (χ0n) is 14.8. The number of nitrogens with one attached hydrogen (secondary N) is 1. The molecule has 2 heteroatoms. The summed E-state index contributed by atoms with van der Waals surface area (Å²) in [7, 11) is 2.18. The van der Waals surface area contributed by atoms with Crippen molar-refractivity contribution in [2.24, 2.45) is 0 Å². The van der Waals surface area contributed by atoms with Gasteiger partial charge in [0.15, 0.2) is 0 Å². The van der Waals surface area contributed by atoms with Crippen molar-refractivity contribution in [2.45, 2.75) is 32.4 Å². The van der Waals surface area contributed by atoms with Crippen LogP contribution >= 0.6 is 0 Å². The molecule has 1 atom stereocenters. The van der Waals surface area contributed by atoms with Crippen molar-refractivity contribution in [3.8, 4) is 0 Å². The van der Waals surface area contributed by atoms with E-state index in [1.807, 2.05) is 0 Å². The second kappa shape index (κ2) is 5.27. The third-order valence-corrected chi connectivity index (χ3v) is 5.01. The molecule has 0 spiro atoms. The van der Waals surface area contributed by atoms with Gasteiger partial charge in [0.05, 0.1) is 0 Å². The van der Waals surface area contributed by atoms with Gasteiger partial charge >= 0.3 is 0 Å². The van der Waals surface area contributed by atoms with Gasteiger partial charge in [-0.1, -0.05) is 69.3 Å². The van der Waals surface area contributed by atoms with Gasteiger partial charge in [-0.3, -0.25) is 0 Å². The number of rotatable bonds is 1. The van der Waals surface area contributed by atoms with Crippen molar-refractivity contribution in [2.75, 3.05) is 17.3 Å². The Labute approximate surface area is 144 Å². The van der Waals surface area contributed by atoms with Crippen molar-refractivity contribution in [3.63, 3.8) is 0 Å². The average Bonchev–Trinajstić information content (AvgIpc) is 2.57. The highest BCUT2D eigenvalue weighted by atomic mass is 15.3. The first-order valence-electron chi connectivity index (χ1n) is 8.57. The highest BCUT2D eigenvalue weighted by molar-refractivity contribution is 6.05. The highest BCUT2D eigenvalue weighted by Gasteiger charge is 2.29. The Morgan fingerprint density at radius 2 is 1.58 bits per heavy atom. The van der Waals surface area contributed by atoms with E-state index in [0.29, 0.717) is 0 Å². The summed E-state index contributed by atoms with van der Waals surface area (Å²) >= 11 is 0. The molecule has 0 bridgehead atoms. The van der Waals surface area contributed by atoms with Crippen molar-refractivity contribution >= 4 is 22.1 Å². The monoisotopic (exact) mass is 316 g/mol. The molecule has 0 saturated carbocycles. The number of hydrogen-bond acceptors (Lipinski definition) is 2. The van der Waals surface area contributed by atoms with Crippen LogP contribution in [0.1, 0.15) is 38.1 Å². The number of anilines is 2. The molecule has 3 aromatic rings. The van der Waals surface area contributed by atoms with Crippen LogP contribution in [0.3, 0.4) is 0 Å². The molecule has 0 saturated heterocycles. The van der Waals surface area contributed by atoms with Gasteiger partial charge in [-0.2, -0.15) is 0 Å². The molecule has 1 aliphatic rings. The molecule has 0 aliphatic carbocycles. The number of nitrogens with zero attached hydrogens (tertiary/aromatic N) is 1. The topological polar surface area (TPSA) is 15.3 Å². The largest absolute Gasteiger partial charge is 0.361 e. The van der Waals surface area contributed by atoms with Crippen LogP contribution in [0.15, 0.2) is 60.7 Å². The Hall–Kier alpha value is -2.48. The van der Waals surface area contributed by atoms with E-state index < -0.39 is 0 Å². The lowest BCUT2D eigenvalue weighted by Gasteiger charge is -2.39. The van der Waals surface area contributed by atoms with Crippen LogP contribution in [0.25, 0.3) is 10.8 Å². The molecule has 24 heavy (non-hydrogen) atoms. The zero-order chi connectivity index (χ0) is 16.9. The van der Waals surface area contributed by atoms with Gasteiger partial charge in [-0.05, 0) is 34.1 Å². The van der Waals surface area contributed by atoms with Crippen LogP contribution in [-0.2, 0) is 5.41 Å². The van der Waals surface area contributed by atoms with E-state index in [9.17, 15) is 0 Å². The summed E-state index contributed by atoms with van der Waals surface area (Å²) in [5, 5.41) is 6.36. The smallest absolute Gasteiger partial charge is 0.126 e. The normalized spacial score (nSPS) is 17.0. The summed E-state index contributed by atoms with van der Waals surface area (Å²) < 4.78 is 0. The van der Waals surface area contributed by atoms with Crippen molar-refractivity contribution in [1.82, 2.24) is 0 Å². The van der Waals surface area contributed by atoms with Gasteiger partial charge in [-0.25, -0.2) is 0 Å². The third-order valence-electron chi connectivity index (χ3n) is 5.01. The van der Waals surface area contributed by atoms with Crippen LogP contribution in [0.4, 0.5) is 11.4 Å². The molecule has 0 amide bonds. The van der Waals surface area contributed by atoms with Gasteiger partial charge < -0.3 is 10.2 Å². The molecule has 1 unspecified atom stereocenters. The first-order valence-corrected chi connectivity index (χ1v) is 8.57. The van der Waals surface area contributed by atoms with Gasteiger partial charge in [0, 0.05) is 23.8 Å². The maximum Gasteiger partial charge on any atom is 0.126 e. The van der Waals surface area contributed by atoms with E-state index in [2.05, 4.69) is 98.7 Å². The minimum atomic E-state index is 0.113. The highest BCUT2D eigenvalue weighted by Crippen LogP contribution is 2.43. The van der Waals surface area contributed by atoms with Gasteiger partial charge in [0.1, 0.15) is 6.17 Å². The quantitative estimate of drug-likeness (QED) is 0.619. The Balaban J connectivity index is 1.89. The van der Waals surface area contributed by atoms with Crippen molar-refractivity contribution in [1.29, 1.82) is 0 Å². The van der Waals surface area contributed by atoms with E-state index in [1.54, 1.807) is 0 Å². The molecule has 1 aliphatic heterocycles. The Kier molecular flexibility index (Phi) is 3.31. The number of benzene rings is 3. The summed E-state index contributed by atoms with van der Waals surface area (Å²) in [6.45, 7) is 6.84. The van der Waals surface area contributed by atoms with E-state index in [-0.39, 0.29) is 11.6 Å². The summed E-state index contributed by atoms with van der Waals surface area (Å²) in [5.41, 5.74) is 5.35. The van der Waals surface area contributed by atoms with Crippen molar-refractivity contribution in [3.05, 3.63) is 71.8 Å². The second-order valence-electron chi connectivity index (χ2n) is 7.68. The lowest BCUT2D eigenvalue weighted by Crippen LogP contribution is -2.35. The van der Waals surface area contributed by atoms with Crippen LogP contribution in [0.2, 0.25) is 0 Å². The van der Waals surface area contributed by atoms with E-state index >= 15 is 0 Å². The van der Waals surface area contributed by atoms with E-state index in [0.717, 1.165) is 0 Å². The minimum absolute atomic E-state index is 0.113. The van der Waals surface area contributed by atoms with Crippen LogP contribution in [0, 0.1) is 0 Å². The lowest BCUT2D eigenvalue weighted by molar-refractivity contribution is 0.573. The van der Waals surface area contributed by atoms with Crippen LogP contribution < -0.4 is 10.2 Å². The summed E-state index contributed by atoms with van der Waals surface area (Å²) in [4.78, 5) is 2.36. The molecule has 0 fully saturated rings. The third kappa shape index (κ3) is 2.25. The molecule has 1 N–H and O–H groups in total. The standard InChI is InChI=1S/C22H24N2/c1-22(2,3)17-12-6-5-11-16(17)21-23-18-13-7-9-15-10-8-14-19(20(15)18)24(21)4/h5-14,21,23H,1-4H3. The lowest BCUT2D eigenvalue weighted by atomic mass is 9.82. The first kappa shape index (κ1) is 15.1. The zero-order valence-corrected chi connectivity index (χ0v) is 14.8. The predicted molar refractivity (Wildman–Crippen MR) is 104 cm³/mol. The van der Waals surface area contributed by atoms with Gasteiger partial charge in [-0.15, -0.1) is 0 Å². The summed E-state index contributed by atoms with van der Waals surface area (Å²) in [5.74, 6) is 0. The molecule has 0 radical (unpaired) electrons. The molecule has 1 heterocycles. The number of hydrogen-bond donors (Lipinski definition) is 1. The van der Waals surface area contributed by atoms with Crippen LogP contribution in [-0.4, -0.2) is 7.05 Å². The van der Waals surface area contributed by atoms with Gasteiger partial charge in [0.25, 0.3) is 0 Å². The molecule has 4 rings (SSSR count). The fraction of sp³-hybridized carbons (Fsp3) is 0.273. The fourth-order valence-electron chi connectivity index (χ4n) is 3.82.